The quantitative estimate of drug-likeness (QED) is 0.857. The fourth-order valence-electron chi connectivity index (χ4n) is 4.90. The molecule has 138 valence electrons. The first-order chi connectivity index (χ1) is 12.3. The molecule has 0 radical (unpaired) electrons. The Balaban J connectivity index is 1.45. The number of aromatic nitrogens is 2. The Kier molecular flexibility index (Phi) is 3.82. The zero-order valence-electron chi connectivity index (χ0n) is 15.8. The molecular weight excluding hydrogens is 328 g/mol. The smallest absolute Gasteiger partial charge is 0.319 e. The van der Waals surface area contributed by atoms with Crippen LogP contribution in [0.25, 0.3) is 11.4 Å². The number of hydrogen-bond donors (Lipinski definition) is 2. The Morgan fingerprint density at radius 2 is 2.12 bits per heavy atom. The lowest BCUT2D eigenvalue weighted by atomic mass is 9.69. The summed E-state index contributed by atoms with van der Waals surface area (Å²) in [6.45, 7) is 8.77. The van der Waals surface area contributed by atoms with Gasteiger partial charge in [-0.1, -0.05) is 38.1 Å². The summed E-state index contributed by atoms with van der Waals surface area (Å²) in [6.07, 6.45) is 3.52. The second-order valence-corrected chi connectivity index (χ2v) is 8.48. The van der Waals surface area contributed by atoms with Crippen molar-refractivity contribution >= 4 is 11.7 Å². The van der Waals surface area contributed by atoms with E-state index in [1.807, 2.05) is 24.3 Å². The number of anilines is 1. The van der Waals surface area contributed by atoms with Gasteiger partial charge >= 0.3 is 6.03 Å². The number of carbonyl (C=O) groups excluding carboxylic acids is 1. The van der Waals surface area contributed by atoms with Crippen LogP contribution < -0.4 is 10.6 Å². The molecule has 26 heavy (non-hydrogen) atoms. The summed E-state index contributed by atoms with van der Waals surface area (Å²) >= 11 is 0. The van der Waals surface area contributed by atoms with Gasteiger partial charge < -0.3 is 15.2 Å². The summed E-state index contributed by atoms with van der Waals surface area (Å²) in [5.41, 5.74) is 1.98. The van der Waals surface area contributed by atoms with Gasteiger partial charge in [0.15, 0.2) is 0 Å². The maximum atomic E-state index is 12.6. The first-order valence-electron chi connectivity index (χ1n) is 9.28. The molecule has 2 N–H and O–H groups in total. The van der Waals surface area contributed by atoms with Gasteiger partial charge in [-0.15, -0.1) is 0 Å². The first kappa shape index (κ1) is 17.1. The molecule has 2 aliphatic carbocycles. The van der Waals surface area contributed by atoms with Crippen LogP contribution in [0, 0.1) is 23.7 Å². The lowest BCUT2D eigenvalue weighted by Crippen LogP contribution is -2.48. The molecule has 2 aliphatic rings. The zero-order chi connectivity index (χ0) is 18.5. The van der Waals surface area contributed by atoms with Crippen LogP contribution in [-0.4, -0.2) is 22.2 Å². The summed E-state index contributed by atoms with van der Waals surface area (Å²) < 4.78 is 5.03. The highest BCUT2D eigenvalue weighted by Gasteiger charge is 2.61. The summed E-state index contributed by atoms with van der Waals surface area (Å²) in [7, 11) is 0. The van der Waals surface area contributed by atoms with Gasteiger partial charge in [0.25, 0.3) is 0 Å². The molecule has 6 nitrogen and oxygen atoms in total. The van der Waals surface area contributed by atoms with Gasteiger partial charge in [0, 0.05) is 24.2 Å². The monoisotopic (exact) mass is 354 g/mol. The van der Waals surface area contributed by atoms with Gasteiger partial charge in [-0.3, -0.25) is 0 Å². The van der Waals surface area contributed by atoms with Crippen LogP contribution in [0.3, 0.4) is 0 Å². The summed E-state index contributed by atoms with van der Waals surface area (Å²) in [6, 6.07) is 7.56. The Morgan fingerprint density at radius 3 is 2.73 bits per heavy atom. The largest absolute Gasteiger partial charge is 0.339 e. The van der Waals surface area contributed by atoms with Crippen molar-refractivity contribution in [2.24, 2.45) is 16.7 Å². The van der Waals surface area contributed by atoms with Gasteiger partial charge in [-0.2, -0.15) is 4.98 Å². The fraction of sp³-hybridized carbons (Fsp3) is 0.550. The maximum absolute atomic E-state index is 12.6. The Morgan fingerprint density at radius 1 is 1.31 bits per heavy atom. The predicted octanol–water partition coefficient (Wildman–Crippen LogP) is 4.38. The average molecular weight is 354 g/mol. The van der Waals surface area contributed by atoms with E-state index in [9.17, 15) is 4.79 Å². The summed E-state index contributed by atoms with van der Waals surface area (Å²) in [5.74, 6) is 1.74. The number of urea groups is 1. The molecule has 0 saturated heterocycles. The van der Waals surface area contributed by atoms with Crippen LogP contribution in [0.1, 0.15) is 45.9 Å². The van der Waals surface area contributed by atoms with Crippen LogP contribution in [0.4, 0.5) is 10.5 Å². The van der Waals surface area contributed by atoms with E-state index in [0.29, 0.717) is 17.6 Å². The van der Waals surface area contributed by atoms with E-state index in [1.54, 1.807) is 6.92 Å². The van der Waals surface area contributed by atoms with Crippen molar-refractivity contribution in [3.8, 4) is 11.4 Å². The van der Waals surface area contributed by atoms with E-state index >= 15 is 0 Å². The lowest BCUT2D eigenvalue weighted by molar-refractivity contribution is 0.125. The molecule has 2 saturated carbocycles. The van der Waals surface area contributed by atoms with Crippen LogP contribution in [0.5, 0.6) is 0 Å². The molecule has 4 rings (SSSR count). The van der Waals surface area contributed by atoms with Gasteiger partial charge in [0.05, 0.1) is 0 Å². The molecule has 2 bridgehead atoms. The number of nitrogens with zero attached hydrogens (tertiary/aromatic N) is 2. The molecule has 0 aliphatic heterocycles. The van der Waals surface area contributed by atoms with E-state index in [-0.39, 0.29) is 22.9 Å². The van der Waals surface area contributed by atoms with E-state index < -0.39 is 0 Å². The molecule has 3 atom stereocenters. The van der Waals surface area contributed by atoms with Crippen molar-refractivity contribution < 1.29 is 9.32 Å². The van der Waals surface area contributed by atoms with Crippen LogP contribution in [0.2, 0.25) is 0 Å². The van der Waals surface area contributed by atoms with Crippen molar-refractivity contribution in [1.29, 1.82) is 0 Å². The normalized spacial score (nSPS) is 28.9. The number of rotatable bonds is 3. The second kappa shape index (κ2) is 5.83. The SMILES string of the molecule is Cc1nc(-c2cccc(NC(=O)N[C@H]3C[C@H]4CC[C@@]3(C)C4(C)C)c2)no1. The molecule has 1 aromatic heterocycles. The number of benzene rings is 1. The minimum absolute atomic E-state index is 0.152. The molecule has 1 heterocycles. The topological polar surface area (TPSA) is 80.0 Å². The third-order valence-electron chi connectivity index (χ3n) is 7.01. The highest BCUT2D eigenvalue weighted by molar-refractivity contribution is 5.90. The number of hydrogen-bond acceptors (Lipinski definition) is 4. The van der Waals surface area contributed by atoms with Crippen LogP contribution in [-0.2, 0) is 0 Å². The number of nitrogens with one attached hydrogen (secondary N) is 2. The van der Waals surface area contributed by atoms with E-state index in [2.05, 4.69) is 41.5 Å². The fourth-order valence-corrected chi connectivity index (χ4v) is 4.90. The van der Waals surface area contributed by atoms with Crippen molar-refractivity contribution in [2.75, 3.05) is 5.32 Å². The van der Waals surface area contributed by atoms with Crippen LogP contribution in [0.15, 0.2) is 28.8 Å². The van der Waals surface area contributed by atoms with Gasteiger partial charge in [-0.05, 0) is 48.1 Å². The molecule has 0 spiro atoms. The van der Waals surface area contributed by atoms with E-state index in [1.165, 1.54) is 12.8 Å². The molecule has 2 amide bonds. The average Bonchev–Trinajstić information content (AvgIpc) is 3.17. The third kappa shape index (κ3) is 2.59. The highest BCUT2D eigenvalue weighted by atomic mass is 16.5. The lowest BCUT2D eigenvalue weighted by Gasteiger charge is -2.39. The van der Waals surface area contributed by atoms with Crippen molar-refractivity contribution in [3.05, 3.63) is 30.2 Å². The standard InChI is InChI=1S/C20H26N4O2/c1-12-21-17(24-26-12)13-6-5-7-15(10-13)22-18(25)23-16-11-14-8-9-20(16,4)19(14,2)3/h5-7,10,14,16H,8-9,11H2,1-4H3,(H2,22,23,25)/t14-,16+,20-/m1/s1. The summed E-state index contributed by atoms with van der Waals surface area (Å²) in [5, 5.41) is 10.1. The number of aryl methyl sites for hydroxylation is 1. The Labute approximate surface area is 153 Å². The number of carbonyl (C=O) groups is 1. The highest BCUT2D eigenvalue weighted by Crippen LogP contribution is 2.65. The Bertz CT molecular complexity index is 844. The third-order valence-corrected chi connectivity index (χ3v) is 7.01. The van der Waals surface area contributed by atoms with Crippen LogP contribution >= 0.6 is 0 Å². The summed E-state index contributed by atoms with van der Waals surface area (Å²) in [4.78, 5) is 16.8. The Hall–Kier alpha value is -2.37. The van der Waals surface area contributed by atoms with Crippen molar-refractivity contribution in [1.82, 2.24) is 15.5 Å². The van der Waals surface area contributed by atoms with Gasteiger partial charge in [0.2, 0.25) is 11.7 Å². The molecule has 2 aromatic rings. The molecule has 1 aromatic carbocycles. The number of amides is 2. The minimum Gasteiger partial charge on any atom is -0.339 e. The number of fused-ring (bicyclic) bond motifs is 2. The molecule has 6 heteroatoms. The molecule has 2 fully saturated rings. The minimum atomic E-state index is -0.152. The second-order valence-electron chi connectivity index (χ2n) is 8.48. The van der Waals surface area contributed by atoms with E-state index in [4.69, 9.17) is 4.52 Å². The van der Waals surface area contributed by atoms with Gasteiger partial charge in [0.1, 0.15) is 0 Å². The van der Waals surface area contributed by atoms with Crippen molar-refractivity contribution in [3.63, 3.8) is 0 Å². The van der Waals surface area contributed by atoms with E-state index in [0.717, 1.165) is 17.7 Å². The zero-order valence-corrected chi connectivity index (χ0v) is 15.8. The molecule has 0 unspecified atom stereocenters. The van der Waals surface area contributed by atoms with Crippen molar-refractivity contribution in [2.45, 2.75) is 53.0 Å². The van der Waals surface area contributed by atoms with Gasteiger partial charge in [-0.25, -0.2) is 4.79 Å². The maximum Gasteiger partial charge on any atom is 0.319 e. The predicted molar refractivity (Wildman–Crippen MR) is 99.6 cm³/mol. The molecular formula is C20H26N4O2. The first-order valence-corrected chi connectivity index (χ1v) is 9.28.